The van der Waals surface area contributed by atoms with Gasteiger partial charge in [0, 0.05) is 52.1 Å². The van der Waals surface area contributed by atoms with Crippen molar-refractivity contribution in [2.45, 2.75) is 6.92 Å². The highest BCUT2D eigenvalue weighted by Gasteiger charge is 2.36. The molecule has 0 unspecified atom stereocenters. The van der Waals surface area contributed by atoms with Crippen molar-refractivity contribution in [1.82, 2.24) is 19.6 Å². The number of carbonyl (C=O) groups is 1. The van der Waals surface area contributed by atoms with Gasteiger partial charge in [-0.05, 0) is 31.3 Å². The molecule has 0 aliphatic carbocycles. The summed E-state index contributed by atoms with van der Waals surface area (Å²) in [7, 11) is 2.08. The number of amides is 1. The molecule has 25 heavy (non-hydrogen) atoms. The number of carbonyl (C=O) groups excluding carboxylic acids is 1. The fraction of sp³-hybridized carbons (Fsp3) is 0.647. The van der Waals surface area contributed by atoms with Crippen molar-refractivity contribution in [3.8, 4) is 0 Å². The van der Waals surface area contributed by atoms with Gasteiger partial charge in [-0.2, -0.15) is 0 Å². The third-order valence-corrected chi connectivity index (χ3v) is 6.28. The van der Waals surface area contributed by atoms with Crippen LogP contribution in [0.5, 0.6) is 0 Å². The van der Waals surface area contributed by atoms with E-state index in [4.69, 9.17) is 17.0 Å². The molecule has 3 heterocycles. The molecule has 0 N–H and O–H groups in total. The Morgan fingerprint density at radius 3 is 2.56 bits per heavy atom. The monoisotopic (exact) mass is 382 g/mol. The van der Waals surface area contributed by atoms with Crippen LogP contribution in [0.1, 0.15) is 6.92 Å². The molecule has 0 spiro atoms. The molecule has 3 fully saturated rings. The lowest BCUT2D eigenvalue weighted by atomic mass is 10.3. The number of morpholine rings is 1. The van der Waals surface area contributed by atoms with Crippen LogP contribution < -0.4 is 0 Å². The van der Waals surface area contributed by atoms with Crippen LogP contribution in [0.25, 0.3) is 0 Å². The summed E-state index contributed by atoms with van der Waals surface area (Å²) < 4.78 is 5.40. The van der Waals surface area contributed by atoms with E-state index in [0.717, 1.165) is 51.7 Å². The van der Waals surface area contributed by atoms with Crippen LogP contribution in [0.15, 0.2) is 22.9 Å². The largest absolute Gasteiger partial charge is 0.379 e. The maximum atomic E-state index is 12.7. The molecule has 6 nitrogen and oxygen atoms in total. The van der Waals surface area contributed by atoms with Gasteiger partial charge in [-0.3, -0.25) is 14.6 Å². The molecule has 8 heteroatoms. The molecular formula is C17H26N4O2S2. The van der Waals surface area contributed by atoms with Gasteiger partial charge in [0.05, 0.1) is 18.2 Å². The molecule has 0 radical (unpaired) electrons. The van der Waals surface area contributed by atoms with E-state index in [0.29, 0.717) is 17.4 Å². The van der Waals surface area contributed by atoms with Gasteiger partial charge in [-0.25, -0.2) is 0 Å². The van der Waals surface area contributed by atoms with E-state index in [1.165, 1.54) is 5.03 Å². The molecule has 3 aliphatic rings. The smallest absolute Gasteiger partial charge is 0.276 e. The second-order valence-electron chi connectivity index (χ2n) is 6.26. The summed E-state index contributed by atoms with van der Waals surface area (Å²) in [5, 5.41) is 1.83. The lowest BCUT2D eigenvalue weighted by Crippen LogP contribution is -2.42. The summed E-state index contributed by atoms with van der Waals surface area (Å²) >= 11 is 7.39. The second-order valence-corrected chi connectivity index (χ2v) is 7.74. The fourth-order valence-corrected chi connectivity index (χ4v) is 4.60. The second kappa shape index (κ2) is 8.53. The van der Waals surface area contributed by atoms with E-state index in [1.807, 2.05) is 29.7 Å². The number of rotatable bonds is 5. The molecular weight excluding hydrogens is 356 g/mol. The normalized spacial score (nSPS) is 25.9. The number of allylic oxidation sites excluding steroid dienone is 2. The highest BCUT2D eigenvalue weighted by molar-refractivity contribution is 8.03. The molecule has 0 aromatic heterocycles. The van der Waals surface area contributed by atoms with Crippen molar-refractivity contribution in [2.75, 3.05) is 65.3 Å². The zero-order chi connectivity index (χ0) is 17.8. The van der Waals surface area contributed by atoms with Crippen LogP contribution in [-0.2, 0) is 9.53 Å². The molecule has 0 bridgehead atoms. The third-order valence-electron chi connectivity index (χ3n) is 4.71. The summed E-state index contributed by atoms with van der Waals surface area (Å²) in [5.74, 6) is 1.11. The first-order chi connectivity index (χ1) is 12.1. The molecule has 0 aromatic carbocycles. The third kappa shape index (κ3) is 4.19. The Bertz CT molecular complexity index is 587. The summed E-state index contributed by atoms with van der Waals surface area (Å²) in [6.07, 6.45) is 3.99. The number of likely N-dealkylation sites (N-methyl/N-ethyl adjacent to an activating group) is 1. The minimum Gasteiger partial charge on any atom is -0.379 e. The molecule has 1 amide bonds. The van der Waals surface area contributed by atoms with Crippen LogP contribution in [0, 0.1) is 0 Å². The highest BCUT2D eigenvalue weighted by Crippen LogP contribution is 2.27. The first-order valence-electron chi connectivity index (χ1n) is 8.81. The number of hydrogen-bond donors (Lipinski definition) is 0. The predicted molar refractivity (Wildman–Crippen MR) is 105 cm³/mol. The minimum atomic E-state index is 0.0111. The maximum absolute atomic E-state index is 12.7. The van der Waals surface area contributed by atoms with E-state index in [-0.39, 0.29) is 5.91 Å². The van der Waals surface area contributed by atoms with E-state index < -0.39 is 0 Å². The Balaban J connectivity index is 1.74. The molecule has 3 aliphatic heterocycles. The summed E-state index contributed by atoms with van der Waals surface area (Å²) in [6.45, 7) is 8.68. The zero-order valence-corrected chi connectivity index (χ0v) is 16.6. The lowest BCUT2D eigenvalue weighted by molar-refractivity contribution is -0.122. The molecule has 0 aromatic rings. The van der Waals surface area contributed by atoms with Crippen molar-refractivity contribution in [3.63, 3.8) is 0 Å². The quantitative estimate of drug-likeness (QED) is 0.522. The van der Waals surface area contributed by atoms with Crippen LogP contribution >= 0.6 is 24.0 Å². The standard InChI is InChI=1S/C17H26N4O2S2/c1-3-20-16(22)14(4-5-15-18(2)10-13-25-15)21(17(20)24)7-6-19-8-11-23-12-9-19/h4-5H,3,6-13H2,1-2H3. The molecule has 0 atom stereocenters. The first-order valence-corrected chi connectivity index (χ1v) is 10.2. The fourth-order valence-electron chi connectivity index (χ4n) is 3.14. The lowest BCUT2D eigenvalue weighted by Gasteiger charge is -2.29. The number of ether oxygens (including phenoxy) is 1. The first kappa shape index (κ1) is 18.7. The molecule has 0 saturated carbocycles. The summed E-state index contributed by atoms with van der Waals surface area (Å²) in [5.41, 5.74) is 0.688. The Morgan fingerprint density at radius 1 is 1.16 bits per heavy atom. The topological polar surface area (TPSA) is 39.3 Å². The number of hydrogen-bond acceptors (Lipinski definition) is 6. The van der Waals surface area contributed by atoms with Crippen molar-refractivity contribution in [3.05, 3.63) is 22.9 Å². The van der Waals surface area contributed by atoms with Gasteiger partial charge in [0.25, 0.3) is 5.91 Å². The van der Waals surface area contributed by atoms with Gasteiger partial charge in [-0.1, -0.05) is 0 Å². The highest BCUT2D eigenvalue weighted by atomic mass is 32.2. The van der Waals surface area contributed by atoms with Crippen molar-refractivity contribution in [2.24, 2.45) is 0 Å². The predicted octanol–water partition coefficient (Wildman–Crippen LogP) is 1.17. The molecule has 3 saturated heterocycles. The van der Waals surface area contributed by atoms with Gasteiger partial charge < -0.3 is 14.5 Å². The summed E-state index contributed by atoms with van der Waals surface area (Å²) in [6, 6.07) is 0. The van der Waals surface area contributed by atoms with E-state index in [1.54, 1.807) is 4.90 Å². The SMILES string of the molecule is CCN1C(=O)C(=CC=C2SCCN2C)N(CCN2CCOCC2)C1=S. The average Bonchev–Trinajstić information content (AvgIpc) is 3.13. The van der Waals surface area contributed by atoms with Crippen LogP contribution in [-0.4, -0.2) is 95.9 Å². The van der Waals surface area contributed by atoms with Gasteiger partial charge in [0.2, 0.25) is 0 Å². The van der Waals surface area contributed by atoms with Crippen LogP contribution in [0.3, 0.4) is 0 Å². The van der Waals surface area contributed by atoms with Crippen molar-refractivity contribution in [1.29, 1.82) is 0 Å². The Kier molecular flexibility index (Phi) is 6.38. The summed E-state index contributed by atoms with van der Waals surface area (Å²) in [4.78, 5) is 21.0. The van der Waals surface area contributed by atoms with E-state index >= 15 is 0 Å². The van der Waals surface area contributed by atoms with E-state index in [2.05, 4.69) is 22.9 Å². The van der Waals surface area contributed by atoms with Crippen molar-refractivity contribution < 1.29 is 9.53 Å². The van der Waals surface area contributed by atoms with Gasteiger partial charge in [0.1, 0.15) is 5.70 Å². The zero-order valence-electron chi connectivity index (χ0n) is 14.9. The Labute approximate surface area is 159 Å². The van der Waals surface area contributed by atoms with Gasteiger partial charge in [0.15, 0.2) is 5.11 Å². The van der Waals surface area contributed by atoms with Gasteiger partial charge in [-0.15, -0.1) is 11.8 Å². The van der Waals surface area contributed by atoms with E-state index in [9.17, 15) is 4.79 Å². The van der Waals surface area contributed by atoms with Gasteiger partial charge >= 0.3 is 0 Å². The molecule has 138 valence electrons. The minimum absolute atomic E-state index is 0.0111. The number of thioether (sulfide) groups is 1. The Morgan fingerprint density at radius 2 is 1.92 bits per heavy atom. The average molecular weight is 383 g/mol. The number of thiocarbonyl (C=S) groups is 1. The van der Waals surface area contributed by atoms with Crippen LogP contribution in [0.2, 0.25) is 0 Å². The molecule has 3 rings (SSSR count). The maximum Gasteiger partial charge on any atom is 0.276 e. The Hall–Kier alpha value is -1.09. The van der Waals surface area contributed by atoms with Crippen molar-refractivity contribution >= 4 is 35.0 Å². The number of nitrogens with zero attached hydrogens (tertiary/aromatic N) is 4. The van der Waals surface area contributed by atoms with Crippen LogP contribution in [0.4, 0.5) is 0 Å².